The first-order valence-corrected chi connectivity index (χ1v) is 7.26. The zero-order chi connectivity index (χ0) is 12.5. The van der Waals surface area contributed by atoms with E-state index < -0.39 is 0 Å². The molecule has 1 N–H and O–H groups in total. The van der Waals surface area contributed by atoms with Crippen molar-refractivity contribution < 1.29 is 0 Å². The quantitative estimate of drug-likeness (QED) is 0.863. The van der Waals surface area contributed by atoms with Crippen molar-refractivity contribution >= 4 is 0 Å². The second-order valence-electron chi connectivity index (χ2n) is 6.16. The monoisotopic (exact) mass is 248 g/mol. The van der Waals surface area contributed by atoms with Crippen molar-refractivity contribution in [1.82, 2.24) is 20.1 Å². The summed E-state index contributed by atoms with van der Waals surface area (Å²) >= 11 is 0. The highest BCUT2D eigenvalue weighted by atomic mass is 15.3. The summed E-state index contributed by atoms with van der Waals surface area (Å²) in [4.78, 5) is 4.34. The Bertz CT molecular complexity index is 400. The van der Waals surface area contributed by atoms with Gasteiger partial charge in [0.25, 0.3) is 0 Å². The fraction of sp³-hybridized carbons (Fsp3) is 0.857. The van der Waals surface area contributed by atoms with Gasteiger partial charge in [-0.15, -0.1) is 0 Å². The standard InChI is InChI=1S/C14H24N4/c1-15-13(8-14-16-9-17-18(14)2)7-12-6-10-3-4-11(12)5-10/h9-13,15H,3-8H2,1-2H3. The van der Waals surface area contributed by atoms with Crippen molar-refractivity contribution in [1.29, 1.82) is 0 Å². The minimum absolute atomic E-state index is 0.553. The normalized spacial score (nSPS) is 32.0. The molecule has 0 aliphatic heterocycles. The lowest BCUT2D eigenvalue weighted by molar-refractivity contribution is 0.279. The van der Waals surface area contributed by atoms with E-state index in [1.165, 1.54) is 32.1 Å². The van der Waals surface area contributed by atoms with Crippen LogP contribution in [0.2, 0.25) is 0 Å². The fourth-order valence-electron chi connectivity index (χ4n) is 4.06. The Morgan fingerprint density at radius 3 is 2.89 bits per heavy atom. The first-order chi connectivity index (χ1) is 8.76. The second kappa shape index (κ2) is 5.00. The van der Waals surface area contributed by atoms with E-state index in [9.17, 15) is 0 Å². The van der Waals surface area contributed by atoms with Crippen LogP contribution in [0.1, 0.15) is 37.9 Å². The third-order valence-corrected chi connectivity index (χ3v) is 5.11. The summed E-state index contributed by atoms with van der Waals surface area (Å²) < 4.78 is 1.89. The smallest absolute Gasteiger partial charge is 0.138 e. The summed E-state index contributed by atoms with van der Waals surface area (Å²) in [5.41, 5.74) is 0. The number of nitrogens with one attached hydrogen (secondary N) is 1. The molecule has 0 aromatic carbocycles. The molecule has 4 nitrogen and oxygen atoms in total. The van der Waals surface area contributed by atoms with Gasteiger partial charge < -0.3 is 5.32 Å². The molecule has 1 heterocycles. The van der Waals surface area contributed by atoms with Gasteiger partial charge in [0.1, 0.15) is 12.2 Å². The molecule has 4 heteroatoms. The molecule has 18 heavy (non-hydrogen) atoms. The summed E-state index contributed by atoms with van der Waals surface area (Å²) in [7, 11) is 4.06. The van der Waals surface area contributed by atoms with Crippen LogP contribution in [0.5, 0.6) is 0 Å². The Morgan fingerprint density at radius 1 is 1.44 bits per heavy atom. The van der Waals surface area contributed by atoms with E-state index in [0.717, 1.165) is 30.0 Å². The van der Waals surface area contributed by atoms with Gasteiger partial charge >= 0.3 is 0 Å². The number of aromatic nitrogens is 3. The molecule has 4 atom stereocenters. The van der Waals surface area contributed by atoms with Crippen molar-refractivity contribution in [2.75, 3.05) is 7.05 Å². The van der Waals surface area contributed by atoms with E-state index in [-0.39, 0.29) is 0 Å². The molecule has 1 aromatic heterocycles. The third-order valence-electron chi connectivity index (χ3n) is 5.11. The molecule has 2 fully saturated rings. The minimum Gasteiger partial charge on any atom is -0.317 e. The Hall–Kier alpha value is -0.900. The summed E-state index contributed by atoms with van der Waals surface area (Å²) in [5.74, 6) is 4.12. The highest BCUT2D eigenvalue weighted by Gasteiger charge is 2.39. The van der Waals surface area contributed by atoms with Crippen molar-refractivity contribution in [2.45, 2.75) is 44.6 Å². The van der Waals surface area contributed by atoms with Gasteiger partial charge in [-0.05, 0) is 50.5 Å². The van der Waals surface area contributed by atoms with Crippen LogP contribution < -0.4 is 5.32 Å². The van der Waals surface area contributed by atoms with E-state index in [1.807, 2.05) is 11.7 Å². The SMILES string of the molecule is CNC(Cc1ncnn1C)CC1CC2CCC1C2. The lowest BCUT2D eigenvalue weighted by atomic mass is 9.83. The lowest BCUT2D eigenvalue weighted by Crippen LogP contribution is -2.32. The van der Waals surface area contributed by atoms with Gasteiger partial charge in [0.15, 0.2) is 0 Å². The summed E-state index contributed by atoms with van der Waals surface area (Å²) in [6.07, 6.45) is 9.92. The molecule has 0 spiro atoms. The van der Waals surface area contributed by atoms with E-state index in [0.29, 0.717) is 6.04 Å². The van der Waals surface area contributed by atoms with Crippen molar-refractivity contribution in [3.05, 3.63) is 12.2 Å². The maximum Gasteiger partial charge on any atom is 0.138 e. The van der Waals surface area contributed by atoms with Crippen LogP contribution in [0, 0.1) is 17.8 Å². The Labute approximate surface area is 109 Å². The highest BCUT2D eigenvalue weighted by Crippen LogP contribution is 2.49. The summed E-state index contributed by atoms with van der Waals surface area (Å²) in [6.45, 7) is 0. The molecule has 2 saturated carbocycles. The molecule has 100 valence electrons. The predicted octanol–water partition coefficient (Wildman–Crippen LogP) is 1.77. The van der Waals surface area contributed by atoms with Crippen molar-refractivity contribution in [3.8, 4) is 0 Å². The Kier molecular flexibility index (Phi) is 3.37. The largest absolute Gasteiger partial charge is 0.317 e. The maximum absolute atomic E-state index is 4.34. The van der Waals surface area contributed by atoms with E-state index in [4.69, 9.17) is 0 Å². The molecule has 2 aliphatic rings. The van der Waals surface area contributed by atoms with Gasteiger partial charge in [0, 0.05) is 19.5 Å². The van der Waals surface area contributed by atoms with Crippen LogP contribution in [0.25, 0.3) is 0 Å². The number of aryl methyl sites for hydroxylation is 1. The van der Waals surface area contributed by atoms with Gasteiger partial charge in [0.05, 0.1) is 0 Å². The van der Waals surface area contributed by atoms with E-state index in [1.54, 1.807) is 6.33 Å². The first kappa shape index (κ1) is 12.2. The Balaban J connectivity index is 1.58. The topological polar surface area (TPSA) is 42.7 Å². The number of likely N-dealkylation sites (N-methyl/N-ethyl adjacent to an activating group) is 1. The van der Waals surface area contributed by atoms with Crippen molar-refractivity contribution in [2.24, 2.45) is 24.8 Å². The summed E-state index contributed by atoms with van der Waals surface area (Å²) in [5, 5.41) is 7.62. The van der Waals surface area contributed by atoms with Crippen LogP contribution in [-0.4, -0.2) is 27.9 Å². The number of rotatable bonds is 5. The van der Waals surface area contributed by atoms with Crippen LogP contribution in [0.4, 0.5) is 0 Å². The molecule has 0 radical (unpaired) electrons. The van der Waals surface area contributed by atoms with Crippen molar-refractivity contribution in [3.63, 3.8) is 0 Å². The molecular formula is C14H24N4. The number of nitrogens with zero attached hydrogens (tertiary/aromatic N) is 3. The lowest BCUT2D eigenvalue weighted by Gasteiger charge is -2.26. The molecule has 1 aromatic rings. The summed E-state index contributed by atoms with van der Waals surface area (Å²) in [6, 6.07) is 0.553. The van der Waals surface area contributed by atoms with Gasteiger partial charge in [0.2, 0.25) is 0 Å². The highest BCUT2D eigenvalue weighted by molar-refractivity contribution is 4.94. The zero-order valence-corrected chi connectivity index (χ0v) is 11.5. The molecule has 0 saturated heterocycles. The van der Waals surface area contributed by atoms with Gasteiger partial charge in [-0.1, -0.05) is 6.42 Å². The molecule has 3 rings (SSSR count). The molecule has 0 amide bonds. The Morgan fingerprint density at radius 2 is 2.33 bits per heavy atom. The average molecular weight is 248 g/mol. The van der Waals surface area contributed by atoms with E-state index >= 15 is 0 Å². The number of hydrogen-bond donors (Lipinski definition) is 1. The predicted molar refractivity (Wildman–Crippen MR) is 71.1 cm³/mol. The fourth-order valence-corrected chi connectivity index (χ4v) is 4.06. The van der Waals surface area contributed by atoms with Crippen LogP contribution in [0.3, 0.4) is 0 Å². The number of hydrogen-bond acceptors (Lipinski definition) is 3. The van der Waals surface area contributed by atoms with Crippen LogP contribution in [-0.2, 0) is 13.5 Å². The van der Waals surface area contributed by atoms with Gasteiger partial charge in [-0.3, -0.25) is 4.68 Å². The zero-order valence-electron chi connectivity index (χ0n) is 11.5. The first-order valence-electron chi connectivity index (χ1n) is 7.26. The van der Waals surface area contributed by atoms with Gasteiger partial charge in [-0.25, -0.2) is 4.98 Å². The maximum atomic E-state index is 4.34. The number of fused-ring (bicyclic) bond motifs is 2. The molecule has 4 unspecified atom stereocenters. The molecule has 2 bridgehead atoms. The van der Waals surface area contributed by atoms with Crippen LogP contribution >= 0.6 is 0 Å². The van der Waals surface area contributed by atoms with Crippen LogP contribution in [0.15, 0.2) is 6.33 Å². The minimum atomic E-state index is 0.553. The second-order valence-corrected chi connectivity index (χ2v) is 6.16. The van der Waals surface area contributed by atoms with Gasteiger partial charge in [-0.2, -0.15) is 5.10 Å². The average Bonchev–Trinajstić information content (AvgIpc) is 3.06. The molecule has 2 aliphatic carbocycles. The van der Waals surface area contributed by atoms with E-state index in [2.05, 4.69) is 22.4 Å². The third kappa shape index (κ3) is 2.30. The molecular weight excluding hydrogens is 224 g/mol.